The van der Waals surface area contributed by atoms with Gasteiger partial charge in [0, 0.05) is 5.69 Å². The Kier molecular flexibility index (Phi) is 2.47. The van der Waals surface area contributed by atoms with E-state index in [0.29, 0.717) is 5.69 Å². The van der Waals surface area contributed by atoms with Gasteiger partial charge in [0.1, 0.15) is 0 Å². The molecule has 0 amide bonds. The summed E-state index contributed by atoms with van der Waals surface area (Å²) < 4.78 is 22.9. The first-order valence-corrected chi connectivity index (χ1v) is 5.50. The van der Waals surface area contributed by atoms with Crippen LogP contribution in [0, 0.1) is 0 Å². The van der Waals surface area contributed by atoms with Gasteiger partial charge in [0.15, 0.2) is 9.84 Å². The number of anilines is 2. The van der Waals surface area contributed by atoms with E-state index in [1.807, 2.05) is 0 Å². The van der Waals surface area contributed by atoms with Gasteiger partial charge in [-0.15, -0.1) is 0 Å². The van der Waals surface area contributed by atoms with Crippen LogP contribution in [0.4, 0.5) is 11.4 Å². The van der Waals surface area contributed by atoms with Crippen molar-refractivity contribution in [2.24, 2.45) is 0 Å². The molecule has 0 radical (unpaired) electrons. The predicted octanol–water partition coefficient (Wildman–Crippen LogP) is 0.645. The van der Waals surface area contributed by atoms with Crippen molar-refractivity contribution in [2.45, 2.75) is 11.8 Å². The molecule has 0 aromatic heterocycles. The van der Waals surface area contributed by atoms with Crippen LogP contribution in [-0.4, -0.2) is 14.2 Å². The van der Waals surface area contributed by atoms with Crippen molar-refractivity contribution in [1.29, 1.82) is 0 Å². The molecule has 4 nitrogen and oxygen atoms in total. The van der Waals surface area contributed by atoms with Crippen LogP contribution in [0.5, 0.6) is 0 Å². The Morgan fingerprint density at radius 1 is 1.31 bits per heavy atom. The Morgan fingerprint density at radius 2 is 1.92 bits per heavy atom. The maximum Gasteiger partial charge on any atom is 0.180 e. The van der Waals surface area contributed by atoms with Gasteiger partial charge in [-0.1, -0.05) is 6.92 Å². The molecule has 5 heteroatoms. The van der Waals surface area contributed by atoms with Crippen molar-refractivity contribution in [3.05, 3.63) is 18.2 Å². The van der Waals surface area contributed by atoms with Gasteiger partial charge in [-0.25, -0.2) is 8.42 Å². The second-order valence-electron chi connectivity index (χ2n) is 2.70. The standard InChI is InChI=1S/C8H12N2O2S/c1-2-13(11,12)8-5-6(9)3-4-7(8)10/h3-5H,2,9-10H2,1H3. The zero-order valence-corrected chi connectivity index (χ0v) is 8.14. The van der Waals surface area contributed by atoms with E-state index < -0.39 is 9.84 Å². The predicted molar refractivity (Wildman–Crippen MR) is 53.0 cm³/mol. The number of nitrogens with two attached hydrogens (primary N) is 2. The van der Waals surface area contributed by atoms with Gasteiger partial charge < -0.3 is 11.5 Å². The smallest absolute Gasteiger partial charge is 0.180 e. The van der Waals surface area contributed by atoms with Crippen LogP contribution in [0.3, 0.4) is 0 Å². The quantitative estimate of drug-likeness (QED) is 0.686. The Balaban J connectivity index is 3.38. The second-order valence-corrected chi connectivity index (χ2v) is 4.95. The number of hydrogen-bond acceptors (Lipinski definition) is 4. The van der Waals surface area contributed by atoms with E-state index in [0.717, 1.165) is 0 Å². The third-order valence-electron chi connectivity index (χ3n) is 1.75. The van der Waals surface area contributed by atoms with Crippen molar-refractivity contribution in [3.63, 3.8) is 0 Å². The van der Waals surface area contributed by atoms with Gasteiger partial charge in [0.05, 0.1) is 16.3 Å². The summed E-state index contributed by atoms with van der Waals surface area (Å²) in [6.45, 7) is 1.57. The minimum absolute atomic E-state index is 0.0284. The Hall–Kier alpha value is -1.23. The summed E-state index contributed by atoms with van der Waals surface area (Å²) >= 11 is 0. The zero-order chi connectivity index (χ0) is 10.1. The fourth-order valence-corrected chi connectivity index (χ4v) is 2.03. The van der Waals surface area contributed by atoms with Crippen molar-refractivity contribution in [3.8, 4) is 0 Å². The van der Waals surface area contributed by atoms with Gasteiger partial charge in [-0.2, -0.15) is 0 Å². The summed E-state index contributed by atoms with van der Waals surface area (Å²) in [5.41, 5.74) is 11.6. The van der Waals surface area contributed by atoms with Crippen molar-refractivity contribution in [2.75, 3.05) is 17.2 Å². The van der Waals surface area contributed by atoms with Crippen molar-refractivity contribution >= 4 is 21.2 Å². The normalized spacial score (nSPS) is 11.5. The maximum atomic E-state index is 11.4. The van der Waals surface area contributed by atoms with Gasteiger partial charge in [-0.3, -0.25) is 0 Å². The van der Waals surface area contributed by atoms with Crippen LogP contribution in [-0.2, 0) is 9.84 Å². The molecule has 0 aliphatic carbocycles. The number of nitrogen functional groups attached to an aromatic ring is 2. The lowest BCUT2D eigenvalue weighted by Gasteiger charge is -2.05. The highest BCUT2D eigenvalue weighted by Crippen LogP contribution is 2.21. The fourth-order valence-electron chi connectivity index (χ4n) is 0.976. The molecule has 0 unspecified atom stereocenters. The SMILES string of the molecule is CCS(=O)(=O)c1cc(N)ccc1N. The molecule has 0 bridgehead atoms. The lowest BCUT2D eigenvalue weighted by molar-refractivity contribution is 0.597. The summed E-state index contributed by atoms with van der Waals surface area (Å²) in [6, 6.07) is 4.45. The van der Waals surface area contributed by atoms with Crippen LogP contribution in [0.25, 0.3) is 0 Å². The van der Waals surface area contributed by atoms with Crippen LogP contribution >= 0.6 is 0 Å². The number of rotatable bonds is 2. The molecule has 1 aromatic rings. The van der Waals surface area contributed by atoms with E-state index in [-0.39, 0.29) is 16.3 Å². The molecule has 1 aromatic carbocycles. The summed E-state index contributed by atoms with van der Waals surface area (Å²) in [5.74, 6) is 0.0284. The molecule has 0 fully saturated rings. The molecule has 72 valence electrons. The van der Waals surface area contributed by atoms with E-state index in [1.165, 1.54) is 12.1 Å². The van der Waals surface area contributed by atoms with Gasteiger partial charge in [-0.05, 0) is 18.2 Å². The van der Waals surface area contributed by atoms with Gasteiger partial charge in [0.2, 0.25) is 0 Å². The molecule has 0 atom stereocenters. The number of hydrogen-bond donors (Lipinski definition) is 2. The summed E-state index contributed by atoms with van der Waals surface area (Å²) in [6.07, 6.45) is 0. The van der Waals surface area contributed by atoms with Crippen LogP contribution in [0.2, 0.25) is 0 Å². The van der Waals surface area contributed by atoms with E-state index in [9.17, 15) is 8.42 Å². The van der Waals surface area contributed by atoms with Gasteiger partial charge in [0.25, 0.3) is 0 Å². The lowest BCUT2D eigenvalue weighted by Crippen LogP contribution is -2.07. The Bertz CT molecular complexity index is 412. The minimum Gasteiger partial charge on any atom is -0.399 e. The van der Waals surface area contributed by atoms with E-state index in [1.54, 1.807) is 13.0 Å². The highest BCUT2D eigenvalue weighted by atomic mass is 32.2. The number of sulfone groups is 1. The molecule has 0 aliphatic heterocycles. The maximum absolute atomic E-state index is 11.4. The molecule has 1 rings (SSSR count). The first-order chi connectivity index (χ1) is 5.97. The monoisotopic (exact) mass is 200 g/mol. The fraction of sp³-hybridized carbons (Fsp3) is 0.250. The molecule has 0 aliphatic rings. The number of benzene rings is 1. The zero-order valence-electron chi connectivity index (χ0n) is 7.32. The molecule has 0 saturated carbocycles. The van der Waals surface area contributed by atoms with Crippen LogP contribution < -0.4 is 11.5 Å². The highest BCUT2D eigenvalue weighted by Gasteiger charge is 2.14. The summed E-state index contributed by atoms with van der Waals surface area (Å²) in [7, 11) is -3.26. The third kappa shape index (κ3) is 1.92. The molecule has 13 heavy (non-hydrogen) atoms. The summed E-state index contributed by atoms with van der Waals surface area (Å²) in [5, 5.41) is 0. The molecule has 0 heterocycles. The van der Waals surface area contributed by atoms with Crippen molar-refractivity contribution < 1.29 is 8.42 Å². The van der Waals surface area contributed by atoms with Crippen molar-refractivity contribution in [1.82, 2.24) is 0 Å². The molecule has 0 spiro atoms. The molecule has 0 saturated heterocycles. The second kappa shape index (κ2) is 3.26. The van der Waals surface area contributed by atoms with E-state index >= 15 is 0 Å². The Morgan fingerprint density at radius 3 is 2.46 bits per heavy atom. The molecular weight excluding hydrogens is 188 g/mol. The average Bonchev–Trinajstić information content (AvgIpc) is 2.09. The van der Waals surface area contributed by atoms with E-state index in [2.05, 4.69) is 0 Å². The third-order valence-corrected chi connectivity index (χ3v) is 3.54. The minimum atomic E-state index is -3.26. The topological polar surface area (TPSA) is 86.2 Å². The largest absolute Gasteiger partial charge is 0.399 e. The first kappa shape index (κ1) is 9.85. The van der Waals surface area contributed by atoms with Gasteiger partial charge >= 0.3 is 0 Å². The molecule has 4 N–H and O–H groups in total. The van der Waals surface area contributed by atoms with Crippen LogP contribution in [0.1, 0.15) is 6.92 Å². The highest BCUT2D eigenvalue weighted by molar-refractivity contribution is 7.91. The summed E-state index contributed by atoms with van der Waals surface area (Å²) in [4.78, 5) is 0.120. The molecular formula is C8H12N2O2S. The first-order valence-electron chi connectivity index (χ1n) is 3.85. The van der Waals surface area contributed by atoms with Crippen LogP contribution in [0.15, 0.2) is 23.1 Å². The average molecular weight is 200 g/mol. The lowest BCUT2D eigenvalue weighted by atomic mass is 10.3. The van der Waals surface area contributed by atoms with E-state index in [4.69, 9.17) is 11.5 Å². The Labute approximate surface area is 77.5 Å².